The lowest BCUT2D eigenvalue weighted by atomic mass is 9.82. The van der Waals surface area contributed by atoms with E-state index in [4.69, 9.17) is 0 Å². The van der Waals surface area contributed by atoms with Crippen LogP contribution < -0.4 is 0 Å². The molecular formula is C10H20S. The van der Waals surface area contributed by atoms with Gasteiger partial charge in [-0.3, -0.25) is 0 Å². The Morgan fingerprint density at radius 2 is 2.00 bits per heavy atom. The average Bonchev–Trinajstić information content (AvgIpc) is 2.31. The Kier molecular flexibility index (Phi) is 2.90. The van der Waals surface area contributed by atoms with Gasteiger partial charge in [-0.15, -0.1) is 0 Å². The highest BCUT2D eigenvalue weighted by atomic mass is 32.2. The van der Waals surface area contributed by atoms with E-state index in [1.165, 1.54) is 18.6 Å². The maximum absolute atomic E-state index is 2.37. The van der Waals surface area contributed by atoms with Crippen LogP contribution in [0.1, 0.15) is 40.5 Å². The van der Waals surface area contributed by atoms with E-state index >= 15 is 0 Å². The van der Waals surface area contributed by atoms with Crippen molar-refractivity contribution in [2.24, 2.45) is 11.3 Å². The first-order chi connectivity index (χ1) is 5.05. The van der Waals surface area contributed by atoms with E-state index in [1.807, 2.05) is 0 Å². The summed E-state index contributed by atoms with van der Waals surface area (Å²) in [7, 11) is 0. The summed E-state index contributed by atoms with van der Waals surface area (Å²) in [4.78, 5) is 0. The molecule has 2 atom stereocenters. The molecular weight excluding hydrogens is 152 g/mol. The highest BCUT2D eigenvalue weighted by Crippen LogP contribution is 2.44. The molecule has 0 spiro atoms. The molecule has 0 saturated carbocycles. The van der Waals surface area contributed by atoms with E-state index < -0.39 is 0 Å². The molecule has 0 amide bonds. The van der Waals surface area contributed by atoms with Crippen molar-refractivity contribution < 1.29 is 0 Å². The fourth-order valence-electron chi connectivity index (χ4n) is 2.01. The normalized spacial score (nSPS) is 32.7. The van der Waals surface area contributed by atoms with Gasteiger partial charge in [0, 0.05) is 5.25 Å². The Morgan fingerprint density at radius 3 is 2.36 bits per heavy atom. The smallest absolute Gasteiger partial charge is 0.0124 e. The molecule has 1 aliphatic rings. The van der Waals surface area contributed by atoms with Crippen LogP contribution in [-0.2, 0) is 0 Å². The van der Waals surface area contributed by atoms with Crippen LogP contribution in [0.25, 0.3) is 0 Å². The average molecular weight is 172 g/mol. The van der Waals surface area contributed by atoms with Gasteiger partial charge in [-0.25, -0.2) is 0 Å². The predicted molar refractivity (Wildman–Crippen MR) is 54.1 cm³/mol. The Morgan fingerprint density at radius 1 is 1.36 bits per heavy atom. The molecule has 1 aliphatic heterocycles. The zero-order valence-corrected chi connectivity index (χ0v) is 9.00. The molecule has 11 heavy (non-hydrogen) atoms. The molecule has 0 nitrogen and oxygen atoms in total. The number of rotatable bonds is 1. The van der Waals surface area contributed by atoms with Crippen LogP contribution >= 0.6 is 11.8 Å². The van der Waals surface area contributed by atoms with Gasteiger partial charge in [0.05, 0.1) is 0 Å². The summed E-state index contributed by atoms with van der Waals surface area (Å²) >= 11 is 2.18. The molecule has 0 aromatic rings. The highest BCUT2D eigenvalue weighted by Gasteiger charge is 2.35. The molecule has 1 saturated heterocycles. The van der Waals surface area contributed by atoms with Crippen LogP contribution in [0.5, 0.6) is 0 Å². The first kappa shape index (κ1) is 9.44. The largest absolute Gasteiger partial charge is 0.158 e. The van der Waals surface area contributed by atoms with Gasteiger partial charge < -0.3 is 0 Å². The van der Waals surface area contributed by atoms with Crippen molar-refractivity contribution in [1.29, 1.82) is 0 Å². The van der Waals surface area contributed by atoms with E-state index in [2.05, 4.69) is 39.5 Å². The molecule has 0 N–H and O–H groups in total. The van der Waals surface area contributed by atoms with Crippen molar-refractivity contribution in [2.75, 3.05) is 5.75 Å². The van der Waals surface area contributed by atoms with E-state index in [1.54, 1.807) is 0 Å². The zero-order chi connectivity index (χ0) is 8.48. The van der Waals surface area contributed by atoms with E-state index in [9.17, 15) is 0 Å². The van der Waals surface area contributed by atoms with Crippen LogP contribution in [-0.4, -0.2) is 11.0 Å². The third-order valence-electron chi connectivity index (χ3n) is 2.59. The molecule has 66 valence electrons. The van der Waals surface area contributed by atoms with Gasteiger partial charge in [-0.1, -0.05) is 34.1 Å². The van der Waals surface area contributed by atoms with Gasteiger partial charge in [0.1, 0.15) is 0 Å². The summed E-state index contributed by atoms with van der Waals surface area (Å²) in [5.74, 6) is 2.38. The second-order valence-corrected chi connectivity index (χ2v) is 5.86. The summed E-state index contributed by atoms with van der Waals surface area (Å²) in [6, 6.07) is 0. The SMILES string of the molecule is CCC1CCSC1C(C)(C)C. The minimum absolute atomic E-state index is 0.516. The topological polar surface area (TPSA) is 0 Å². The molecule has 2 unspecified atom stereocenters. The number of hydrogen-bond donors (Lipinski definition) is 0. The van der Waals surface area contributed by atoms with Gasteiger partial charge in [-0.2, -0.15) is 11.8 Å². The summed E-state index contributed by atoms with van der Waals surface area (Å²) in [5.41, 5.74) is 0.516. The van der Waals surface area contributed by atoms with Crippen LogP contribution in [0.3, 0.4) is 0 Å². The van der Waals surface area contributed by atoms with Gasteiger partial charge in [-0.05, 0) is 23.5 Å². The van der Waals surface area contributed by atoms with Crippen molar-refractivity contribution in [1.82, 2.24) is 0 Å². The van der Waals surface area contributed by atoms with Crippen molar-refractivity contribution in [3.8, 4) is 0 Å². The van der Waals surface area contributed by atoms with Crippen molar-refractivity contribution in [3.05, 3.63) is 0 Å². The summed E-state index contributed by atoms with van der Waals surface area (Å²) in [6.45, 7) is 9.45. The third kappa shape index (κ3) is 2.14. The van der Waals surface area contributed by atoms with Crippen molar-refractivity contribution in [2.45, 2.75) is 45.8 Å². The molecule has 0 aromatic carbocycles. The zero-order valence-electron chi connectivity index (χ0n) is 8.18. The van der Waals surface area contributed by atoms with E-state index in [0.717, 1.165) is 11.2 Å². The summed E-state index contributed by atoms with van der Waals surface area (Å²) in [6.07, 6.45) is 2.82. The van der Waals surface area contributed by atoms with Crippen molar-refractivity contribution >= 4 is 11.8 Å². The quantitative estimate of drug-likeness (QED) is 0.583. The minimum Gasteiger partial charge on any atom is -0.158 e. The lowest BCUT2D eigenvalue weighted by Crippen LogP contribution is -2.27. The lowest BCUT2D eigenvalue weighted by molar-refractivity contribution is 0.311. The Labute approximate surface area is 75.1 Å². The van der Waals surface area contributed by atoms with Gasteiger partial charge >= 0.3 is 0 Å². The van der Waals surface area contributed by atoms with Gasteiger partial charge in [0.2, 0.25) is 0 Å². The monoisotopic (exact) mass is 172 g/mol. The summed E-state index contributed by atoms with van der Waals surface area (Å²) in [5, 5.41) is 0.910. The fraction of sp³-hybridized carbons (Fsp3) is 1.00. The Bertz CT molecular complexity index is 123. The molecule has 1 rings (SSSR count). The molecule has 1 heteroatoms. The van der Waals surface area contributed by atoms with Gasteiger partial charge in [0.25, 0.3) is 0 Å². The number of thioether (sulfide) groups is 1. The Hall–Kier alpha value is 0.350. The number of hydrogen-bond acceptors (Lipinski definition) is 1. The van der Waals surface area contributed by atoms with E-state index in [0.29, 0.717) is 5.41 Å². The predicted octanol–water partition coefficient (Wildman–Crippen LogP) is 3.56. The van der Waals surface area contributed by atoms with Crippen LogP contribution in [0, 0.1) is 11.3 Å². The first-order valence-corrected chi connectivity index (χ1v) is 5.72. The van der Waals surface area contributed by atoms with E-state index in [-0.39, 0.29) is 0 Å². The van der Waals surface area contributed by atoms with Crippen LogP contribution in [0.15, 0.2) is 0 Å². The third-order valence-corrected chi connectivity index (χ3v) is 4.51. The molecule has 0 radical (unpaired) electrons. The van der Waals surface area contributed by atoms with Gasteiger partial charge in [0.15, 0.2) is 0 Å². The Balaban J connectivity index is 2.57. The molecule has 1 fully saturated rings. The van der Waals surface area contributed by atoms with Crippen LogP contribution in [0.2, 0.25) is 0 Å². The molecule has 0 aliphatic carbocycles. The maximum atomic E-state index is 2.37. The lowest BCUT2D eigenvalue weighted by Gasteiger charge is -2.30. The standard InChI is InChI=1S/C10H20S/c1-5-8-6-7-11-9(8)10(2,3)4/h8-9H,5-7H2,1-4H3. The second kappa shape index (κ2) is 3.38. The second-order valence-electron chi connectivity index (χ2n) is 4.61. The maximum Gasteiger partial charge on any atom is 0.0124 e. The minimum atomic E-state index is 0.516. The highest BCUT2D eigenvalue weighted by molar-refractivity contribution is 8.00. The molecule has 0 bridgehead atoms. The summed E-state index contributed by atoms with van der Waals surface area (Å²) < 4.78 is 0. The molecule has 1 heterocycles. The van der Waals surface area contributed by atoms with Crippen LogP contribution in [0.4, 0.5) is 0 Å². The first-order valence-electron chi connectivity index (χ1n) is 4.67. The van der Waals surface area contributed by atoms with Crippen molar-refractivity contribution in [3.63, 3.8) is 0 Å². The molecule has 0 aromatic heterocycles. The fourth-order valence-corrected chi connectivity index (χ4v) is 3.80.